The zero-order chi connectivity index (χ0) is 15.0. The molecule has 3 aromatic rings. The fraction of sp³-hybridized carbons (Fsp3) is 0.188. The van der Waals surface area contributed by atoms with E-state index in [-0.39, 0.29) is 6.10 Å². The van der Waals surface area contributed by atoms with Crippen LogP contribution in [-0.4, -0.2) is 9.97 Å². The summed E-state index contributed by atoms with van der Waals surface area (Å²) < 4.78 is 5.96. The van der Waals surface area contributed by atoms with Crippen LogP contribution in [0.1, 0.15) is 24.4 Å². The minimum Gasteiger partial charge on any atom is -0.483 e. The Labute approximate surface area is 132 Å². The van der Waals surface area contributed by atoms with Crippen LogP contribution in [0.5, 0.6) is 5.75 Å². The molecule has 1 N–H and O–H groups in total. The van der Waals surface area contributed by atoms with Crippen molar-refractivity contribution in [2.45, 2.75) is 20.0 Å². The number of aryl methyl sites for hydroxylation is 1. The van der Waals surface area contributed by atoms with Gasteiger partial charge in [-0.2, -0.15) is 0 Å². The number of H-pyrrole nitrogens is 1. The summed E-state index contributed by atoms with van der Waals surface area (Å²) in [7, 11) is 0. The van der Waals surface area contributed by atoms with Crippen LogP contribution in [0.3, 0.4) is 0 Å². The van der Waals surface area contributed by atoms with Crippen molar-refractivity contribution in [2.75, 3.05) is 0 Å². The molecule has 0 saturated heterocycles. The van der Waals surface area contributed by atoms with Crippen LogP contribution >= 0.6 is 23.2 Å². The highest BCUT2D eigenvalue weighted by molar-refractivity contribution is 6.42. The molecule has 3 nitrogen and oxygen atoms in total. The molecule has 5 heteroatoms. The van der Waals surface area contributed by atoms with Crippen molar-refractivity contribution in [1.29, 1.82) is 0 Å². The zero-order valence-corrected chi connectivity index (χ0v) is 13.2. The Balaban J connectivity index is 1.91. The minimum absolute atomic E-state index is 0.198. The Morgan fingerprint density at radius 2 is 1.86 bits per heavy atom. The number of fused-ring (bicyclic) bond motifs is 1. The van der Waals surface area contributed by atoms with Crippen molar-refractivity contribution in [3.8, 4) is 5.75 Å². The first-order valence-corrected chi connectivity index (χ1v) is 7.37. The lowest BCUT2D eigenvalue weighted by Gasteiger charge is -2.14. The Bertz CT molecular complexity index is 759. The van der Waals surface area contributed by atoms with Gasteiger partial charge in [-0.25, -0.2) is 4.98 Å². The molecule has 0 spiro atoms. The highest BCUT2D eigenvalue weighted by Crippen LogP contribution is 2.29. The molecule has 0 radical (unpaired) electrons. The summed E-state index contributed by atoms with van der Waals surface area (Å²) in [6.07, 6.45) is -0.198. The smallest absolute Gasteiger partial charge is 0.153 e. The molecule has 108 valence electrons. The predicted octanol–water partition coefficient (Wildman–Crippen LogP) is 5.32. The number of aromatic nitrogens is 2. The van der Waals surface area contributed by atoms with E-state index in [2.05, 4.69) is 9.97 Å². The second-order valence-electron chi connectivity index (χ2n) is 4.93. The van der Waals surface area contributed by atoms with E-state index in [1.807, 2.05) is 38.1 Å². The standard InChI is InChI=1S/C16H14Cl2N2O/c1-9-5-3-4-6-15(9)21-10(2)16-19-13-7-11(17)12(18)8-14(13)20-16/h3-8,10H,1-2H3,(H,19,20)/t10-/m1/s1. The summed E-state index contributed by atoms with van der Waals surface area (Å²) in [5.74, 6) is 1.59. The van der Waals surface area contributed by atoms with Gasteiger partial charge in [0, 0.05) is 0 Å². The molecule has 0 bridgehead atoms. The minimum atomic E-state index is -0.198. The SMILES string of the molecule is Cc1ccccc1O[C@H](C)c1nc2cc(Cl)c(Cl)cc2[nH]1. The number of hydrogen-bond acceptors (Lipinski definition) is 2. The number of benzene rings is 2. The van der Waals surface area contributed by atoms with E-state index < -0.39 is 0 Å². The third kappa shape index (κ3) is 2.85. The summed E-state index contributed by atoms with van der Waals surface area (Å²) in [6.45, 7) is 3.97. The molecule has 1 heterocycles. The summed E-state index contributed by atoms with van der Waals surface area (Å²) in [5.41, 5.74) is 2.71. The van der Waals surface area contributed by atoms with E-state index in [9.17, 15) is 0 Å². The molecular formula is C16H14Cl2N2O. The number of hydrogen-bond donors (Lipinski definition) is 1. The second-order valence-corrected chi connectivity index (χ2v) is 5.75. The Morgan fingerprint density at radius 3 is 2.62 bits per heavy atom. The van der Waals surface area contributed by atoms with Gasteiger partial charge in [0.05, 0.1) is 21.1 Å². The van der Waals surface area contributed by atoms with Crippen LogP contribution in [0, 0.1) is 6.92 Å². The molecule has 0 aliphatic rings. The van der Waals surface area contributed by atoms with Gasteiger partial charge in [-0.1, -0.05) is 41.4 Å². The number of aromatic amines is 1. The van der Waals surface area contributed by atoms with Gasteiger partial charge >= 0.3 is 0 Å². The lowest BCUT2D eigenvalue weighted by Crippen LogP contribution is -2.05. The number of ether oxygens (including phenoxy) is 1. The van der Waals surface area contributed by atoms with Gasteiger partial charge in [-0.3, -0.25) is 0 Å². The quantitative estimate of drug-likeness (QED) is 0.709. The van der Waals surface area contributed by atoms with Crippen molar-refractivity contribution >= 4 is 34.2 Å². The number of nitrogens with one attached hydrogen (secondary N) is 1. The summed E-state index contributed by atoms with van der Waals surface area (Å²) in [6, 6.07) is 11.4. The molecule has 3 rings (SSSR count). The molecule has 0 aliphatic heterocycles. The lowest BCUT2D eigenvalue weighted by atomic mass is 10.2. The van der Waals surface area contributed by atoms with Gasteiger partial charge in [0.15, 0.2) is 6.10 Å². The van der Waals surface area contributed by atoms with Crippen LogP contribution in [0.25, 0.3) is 11.0 Å². The van der Waals surface area contributed by atoms with Crippen LogP contribution in [0.15, 0.2) is 36.4 Å². The van der Waals surface area contributed by atoms with Crippen LogP contribution in [-0.2, 0) is 0 Å². The molecule has 0 aliphatic carbocycles. The van der Waals surface area contributed by atoms with Crippen LogP contribution in [0.2, 0.25) is 10.0 Å². The third-order valence-electron chi connectivity index (χ3n) is 3.32. The fourth-order valence-electron chi connectivity index (χ4n) is 2.15. The first kappa shape index (κ1) is 14.2. The number of imidazole rings is 1. The molecule has 1 aromatic heterocycles. The Morgan fingerprint density at radius 1 is 1.14 bits per heavy atom. The van der Waals surface area contributed by atoms with E-state index in [4.69, 9.17) is 27.9 Å². The van der Waals surface area contributed by atoms with E-state index in [0.29, 0.717) is 10.0 Å². The maximum absolute atomic E-state index is 6.02. The first-order valence-electron chi connectivity index (χ1n) is 6.61. The maximum atomic E-state index is 6.02. The van der Waals surface area contributed by atoms with Crippen molar-refractivity contribution in [3.05, 3.63) is 57.8 Å². The lowest BCUT2D eigenvalue weighted by molar-refractivity contribution is 0.216. The molecule has 21 heavy (non-hydrogen) atoms. The molecule has 0 amide bonds. The average Bonchev–Trinajstić information content (AvgIpc) is 2.85. The summed E-state index contributed by atoms with van der Waals surface area (Å²) in [5, 5.41) is 1.00. The first-order chi connectivity index (χ1) is 10.0. The maximum Gasteiger partial charge on any atom is 0.153 e. The highest BCUT2D eigenvalue weighted by atomic mass is 35.5. The number of para-hydroxylation sites is 1. The number of halogens is 2. The van der Waals surface area contributed by atoms with E-state index in [1.54, 1.807) is 12.1 Å². The molecular weight excluding hydrogens is 307 g/mol. The van der Waals surface area contributed by atoms with Gasteiger partial charge in [0.25, 0.3) is 0 Å². The molecule has 1 atom stereocenters. The molecule has 0 fully saturated rings. The van der Waals surface area contributed by atoms with Gasteiger partial charge in [-0.05, 0) is 37.6 Å². The van der Waals surface area contributed by atoms with E-state index in [0.717, 1.165) is 28.2 Å². The average molecular weight is 321 g/mol. The number of rotatable bonds is 3. The van der Waals surface area contributed by atoms with E-state index >= 15 is 0 Å². The Kier molecular flexibility index (Phi) is 3.79. The topological polar surface area (TPSA) is 37.9 Å². The van der Waals surface area contributed by atoms with E-state index in [1.165, 1.54) is 0 Å². The normalized spacial score (nSPS) is 12.6. The largest absolute Gasteiger partial charge is 0.483 e. The predicted molar refractivity (Wildman–Crippen MR) is 86.3 cm³/mol. The van der Waals surface area contributed by atoms with Crippen molar-refractivity contribution < 1.29 is 4.74 Å². The van der Waals surface area contributed by atoms with Crippen molar-refractivity contribution in [2.24, 2.45) is 0 Å². The Hall–Kier alpha value is -1.71. The van der Waals surface area contributed by atoms with Gasteiger partial charge < -0.3 is 9.72 Å². The monoisotopic (exact) mass is 320 g/mol. The van der Waals surface area contributed by atoms with Gasteiger partial charge in [0.2, 0.25) is 0 Å². The molecule has 0 unspecified atom stereocenters. The third-order valence-corrected chi connectivity index (χ3v) is 4.05. The van der Waals surface area contributed by atoms with Crippen LogP contribution < -0.4 is 4.74 Å². The molecule has 2 aromatic carbocycles. The fourth-order valence-corrected chi connectivity index (χ4v) is 2.47. The van der Waals surface area contributed by atoms with Crippen molar-refractivity contribution in [3.63, 3.8) is 0 Å². The summed E-state index contributed by atoms with van der Waals surface area (Å²) >= 11 is 12.0. The zero-order valence-electron chi connectivity index (χ0n) is 11.7. The highest BCUT2D eigenvalue weighted by Gasteiger charge is 2.14. The van der Waals surface area contributed by atoms with Crippen LogP contribution in [0.4, 0.5) is 0 Å². The van der Waals surface area contributed by atoms with Gasteiger partial charge in [-0.15, -0.1) is 0 Å². The second kappa shape index (κ2) is 5.58. The van der Waals surface area contributed by atoms with Gasteiger partial charge in [0.1, 0.15) is 11.6 Å². The van der Waals surface area contributed by atoms with Crippen molar-refractivity contribution in [1.82, 2.24) is 9.97 Å². The summed E-state index contributed by atoms with van der Waals surface area (Å²) in [4.78, 5) is 7.74. The molecule has 0 saturated carbocycles. The number of nitrogens with zero attached hydrogens (tertiary/aromatic N) is 1.